The van der Waals surface area contributed by atoms with E-state index in [0.717, 1.165) is 23.1 Å². The van der Waals surface area contributed by atoms with Gasteiger partial charge in [-0.05, 0) is 37.1 Å². The van der Waals surface area contributed by atoms with Crippen LogP contribution >= 0.6 is 11.3 Å². The lowest BCUT2D eigenvalue weighted by atomic mass is 9.98. The molecule has 0 amide bonds. The average Bonchev–Trinajstić information content (AvgIpc) is 2.95. The van der Waals surface area contributed by atoms with E-state index >= 15 is 0 Å². The highest BCUT2D eigenvalue weighted by Gasteiger charge is 2.25. The number of aromatic nitrogens is 2. The van der Waals surface area contributed by atoms with Crippen LogP contribution in [0.15, 0.2) is 11.4 Å². The molecule has 1 unspecified atom stereocenters. The third kappa shape index (κ3) is 2.46. The first-order valence-electron chi connectivity index (χ1n) is 7.53. The summed E-state index contributed by atoms with van der Waals surface area (Å²) in [6.45, 7) is 3.39. The molecule has 1 aliphatic heterocycles. The van der Waals surface area contributed by atoms with Crippen molar-refractivity contribution < 1.29 is 0 Å². The fraction of sp³-hybridized carbons (Fsp3) is 0.600. The van der Waals surface area contributed by atoms with Crippen LogP contribution < -0.4 is 10.2 Å². The Morgan fingerprint density at radius 2 is 2.30 bits per heavy atom. The number of fused-ring (bicyclic) bond motifs is 1. The van der Waals surface area contributed by atoms with E-state index in [4.69, 9.17) is 4.98 Å². The van der Waals surface area contributed by atoms with Crippen LogP contribution in [0.5, 0.6) is 0 Å². The molecule has 0 radical (unpaired) electrons. The second-order valence-corrected chi connectivity index (χ2v) is 6.29. The zero-order valence-electron chi connectivity index (χ0n) is 12.2. The Hall–Kier alpha value is -1.36. The molecule has 3 heterocycles. The van der Waals surface area contributed by atoms with Gasteiger partial charge in [-0.1, -0.05) is 13.3 Å². The summed E-state index contributed by atoms with van der Waals surface area (Å²) in [5, 5.41) is 6.41. The highest BCUT2D eigenvalue weighted by atomic mass is 32.1. The van der Waals surface area contributed by atoms with Crippen molar-refractivity contribution in [1.82, 2.24) is 9.97 Å². The van der Waals surface area contributed by atoms with Gasteiger partial charge in [0, 0.05) is 19.6 Å². The molecule has 0 aromatic carbocycles. The predicted octanol–water partition coefficient (Wildman–Crippen LogP) is 3.89. The molecule has 2 aromatic heterocycles. The first kappa shape index (κ1) is 13.6. The number of nitrogens with one attached hydrogen (secondary N) is 1. The van der Waals surface area contributed by atoms with Gasteiger partial charge in [-0.25, -0.2) is 4.98 Å². The van der Waals surface area contributed by atoms with E-state index in [1.54, 1.807) is 11.3 Å². The van der Waals surface area contributed by atoms with Gasteiger partial charge in [0.05, 0.1) is 5.39 Å². The molecular weight excluding hydrogens is 268 g/mol. The number of piperidine rings is 1. The topological polar surface area (TPSA) is 41.1 Å². The Labute approximate surface area is 124 Å². The third-order valence-electron chi connectivity index (χ3n) is 4.05. The number of anilines is 2. The van der Waals surface area contributed by atoms with Crippen molar-refractivity contribution >= 4 is 33.3 Å². The van der Waals surface area contributed by atoms with Crippen molar-refractivity contribution in [2.45, 2.75) is 45.1 Å². The number of nitrogens with zero attached hydrogens (tertiary/aromatic N) is 3. The van der Waals surface area contributed by atoms with Crippen molar-refractivity contribution in [3.63, 3.8) is 0 Å². The molecule has 5 heteroatoms. The van der Waals surface area contributed by atoms with Gasteiger partial charge in [0.1, 0.15) is 10.6 Å². The van der Waals surface area contributed by atoms with Crippen LogP contribution in [0.25, 0.3) is 10.2 Å². The summed E-state index contributed by atoms with van der Waals surface area (Å²) in [5.41, 5.74) is 0. The molecule has 1 aliphatic rings. The van der Waals surface area contributed by atoms with E-state index < -0.39 is 0 Å². The van der Waals surface area contributed by atoms with Crippen LogP contribution in [-0.2, 0) is 0 Å². The Bertz CT molecular complexity index is 578. The van der Waals surface area contributed by atoms with E-state index in [2.05, 4.69) is 33.6 Å². The zero-order chi connectivity index (χ0) is 13.9. The molecule has 0 aliphatic carbocycles. The van der Waals surface area contributed by atoms with Crippen molar-refractivity contribution in [3.8, 4) is 0 Å². The number of rotatable bonds is 4. The van der Waals surface area contributed by atoms with Gasteiger partial charge in [-0.3, -0.25) is 0 Å². The first-order valence-corrected chi connectivity index (χ1v) is 8.41. The fourth-order valence-electron chi connectivity index (χ4n) is 3.08. The minimum atomic E-state index is 0.636. The van der Waals surface area contributed by atoms with E-state index in [9.17, 15) is 0 Å². The lowest BCUT2D eigenvalue weighted by Gasteiger charge is -2.37. The van der Waals surface area contributed by atoms with Crippen LogP contribution in [0, 0.1) is 0 Å². The molecular formula is C15H22N4S. The molecule has 0 saturated carbocycles. The van der Waals surface area contributed by atoms with Crippen molar-refractivity contribution in [1.29, 1.82) is 0 Å². The molecule has 108 valence electrons. The smallest absolute Gasteiger partial charge is 0.225 e. The Balaban J connectivity index is 2.04. The molecule has 1 N–H and O–H groups in total. The number of thiophene rings is 1. The minimum Gasteiger partial charge on any atom is -0.357 e. The largest absolute Gasteiger partial charge is 0.357 e. The molecule has 1 fully saturated rings. The van der Waals surface area contributed by atoms with E-state index in [1.807, 2.05) is 7.05 Å². The van der Waals surface area contributed by atoms with Gasteiger partial charge in [0.15, 0.2) is 0 Å². The fourth-order valence-corrected chi connectivity index (χ4v) is 3.84. The quantitative estimate of drug-likeness (QED) is 0.927. The van der Waals surface area contributed by atoms with E-state index in [1.165, 1.54) is 37.5 Å². The van der Waals surface area contributed by atoms with Gasteiger partial charge >= 0.3 is 0 Å². The van der Waals surface area contributed by atoms with E-state index in [0.29, 0.717) is 6.04 Å². The van der Waals surface area contributed by atoms with Crippen LogP contribution in [0.4, 0.5) is 11.8 Å². The maximum atomic E-state index is 4.76. The summed E-state index contributed by atoms with van der Waals surface area (Å²) in [7, 11) is 1.89. The van der Waals surface area contributed by atoms with Gasteiger partial charge in [-0.15, -0.1) is 11.3 Å². The average molecular weight is 290 g/mol. The van der Waals surface area contributed by atoms with Crippen LogP contribution in [0.2, 0.25) is 0 Å². The summed E-state index contributed by atoms with van der Waals surface area (Å²) in [4.78, 5) is 12.9. The zero-order valence-corrected chi connectivity index (χ0v) is 13.0. The Morgan fingerprint density at radius 1 is 1.40 bits per heavy atom. The molecule has 0 bridgehead atoms. The summed E-state index contributed by atoms with van der Waals surface area (Å²) in [5.74, 6) is 1.86. The third-order valence-corrected chi connectivity index (χ3v) is 4.86. The lowest BCUT2D eigenvalue weighted by molar-refractivity contribution is 0.433. The van der Waals surface area contributed by atoms with Crippen LogP contribution in [-0.4, -0.2) is 29.6 Å². The highest BCUT2D eigenvalue weighted by molar-refractivity contribution is 7.16. The van der Waals surface area contributed by atoms with Gasteiger partial charge in [-0.2, -0.15) is 4.98 Å². The standard InChI is InChI=1S/C15H22N4S/c1-3-6-11-7-4-5-9-19(11)13-12-8-10-20-14(12)18-15(16-2)17-13/h8,10-11H,3-7,9H2,1-2H3,(H,16,17,18). The summed E-state index contributed by atoms with van der Waals surface area (Å²) < 4.78 is 0. The van der Waals surface area contributed by atoms with Gasteiger partial charge in [0.2, 0.25) is 5.95 Å². The summed E-state index contributed by atoms with van der Waals surface area (Å²) >= 11 is 1.69. The van der Waals surface area contributed by atoms with E-state index in [-0.39, 0.29) is 0 Å². The molecule has 1 saturated heterocycles. The second-order valence-electron chi connectivity index (χ2n) is 5.39. The van der Waals surface area contributed by atoms with Crippen molar-refractivity contribution in [2.75, 3.05) is 23.8 Å². The number of hydrogen-bond donors (Lipinski definition) is 1. The maximum absolute atomic E-state index is 4.76. The molecule has 4 nitrogen and oxygen atoms in total. The molecule has 1 atom stereocenters. The van der Waals surface area contributed by atoms with Gasteiger partial charge < -0.3 is 10.2 Å². The molecule has 3 rings (SSSR count). The van der Waals surface area contributed by atoms with Crippen LogP contribution in [0.3, 0.4) is 0 Å². The molecule has 2 aromatic rings. The number of hydrogen-bond acceptors (Lipinski definition) is 5. The lowest BCUT2D eigenvalue weighted by Crippen LogP contribution is -2.40. The first-order chi connectivity index (χ1) is 9.83. The Kier molecular flexibility index (Phi) is 4.05. The maximum Gasteiger partial charge on any atom is 0.225 e. The minimum absolute atomic E-state index is 0.636. The monoisotopic (exact) mass is 290 g/mol. The molecule has 0 spiro atoms. The van der Waals surface area contributed by atoms with Crippen LogP contribution in [0.1, 0.15) is 39.0 Å². The highest BCUT2D eigenvalue weighted by Crippen LogP contribution is 2.33. The summed E-state index contributed by atoms with van der Waals surface area (Å²) in [6.07, 6.45) is 6.39. The van der Waals surface area contributed by atoms with Crippen molar-refractivity contribution in [2.24, 2.45) is 0 Å². The Morgan fingerprint density at radius 3 is 3.10 bits per heavy atom. The predicted molar refractivity (Wildman–Crippen MR) is 86.9 cm³/mol. The van der Waals surface area contributed by atoms with Gasteiger partial charge in [0.25, 0.3) is 0 Å². The SMILES string of the molecule is CCCC1CCCCN1c1nc(NC)nc2sccc12. The normalized spacial score (nSPS) is 19.5. The van der Waals surface area contributed by atoms with Crippen molar-refractivity contribution in [3.05, 3.63) is 11.4 Å². The second kappa shape index (κ2) is 5.95. The molecule has 20 heavy (non-hydrogen) atoms. The summed E-state index contributed by atoms with van der Waals surface area (Å²) in [6, 6.07) is 2.79.